The molecule has 2 atom stereocenters. The van der Waals surface area contributed by atoms with Crippen molar-refractivity contribution >= 4 is 11.4 Å². The molecule has 0 amide bonds. The van der Waals surface area contributed by atoms with Crippen LogP contribution < -0.4 is 5.32 Å². The third kappa shape index (κ3) is 5.91. The summed E-state index contributed by atoms with van der Waals surface area (Å²) in [7, 11) is 0. The molecule has 0 aromatic heterocycles. The van der Waals surface area contributed by atoms with E-state index < -0.39 is 17.6 Å². The standard InChI is InChI=1S/C4H11NO3S/c1-3-5-4(2)8-9(6)7/h4-5H,3H2,1-2H3,(H,6,7)/p-1. The van der Waals surface area contributed by atoms with E-state index in [-0.39, 0.29) is 0 Å². The Labute approximate surface area is 57.1 Å². The minimum Gasteiger partial charge on any atom is -0.750 e. The van der Waals surface area contributed by atoms with Crippen molar-refractivity contribution in [3.05, 3.63) is 0 Å². The van der Waals surface area contributed by atoms with Gasteiger partial charge in [-0.05, 0) is 13.5 Å². The van der Waals surface area contributed by atoms with Crippen molar-refractivity contribution in [2.45, 2.75) is 20.1 Å². The molecule has 0 bridgehead atoms. The van der Waals surface area contributed by atoms with Gasteiger partial charge in [0.05, 0.1) is 11.4 Å². The maximum atomic E-state index is 9.82. The van der Waals surface area contributed by atoms with Gasteiger partial charge >= 0.3 is 0 Å². The summed E-state index contributed by atoms with van der Waals surface area (Å²) in [5, 5.41) is 2.76. The van der Waals surface area contributed by atoms with Crippen LogP contribution in [0.5, 0.6) is 0 Å². The highest BCUT2D eigenvalue weighted by atomic mass is 32.2. The van der Waals surface area contributed by atoms with Crippen molar-refractivity contribution in [2.24, 2.45) is 0 Å². The smallest absolute Gasteiger partial charge is 0.121 e. The van der Waals surface area contributed by atoms with Crippen LogP contribution >= 0.6 is 0 Å². The molecule has 56 valence electrons. The summed E-state index contributed by atoms with van der Waals surface area (Å²) in [5.74, 6) is 0. The first kappa shape index (κ1) is 9.03. The third-order valence-electron chi connectivity index (χ3n) is 0.714. The molecule has 9 heavy (non-hydrogen) atoms. The molecule has 1 N–H and O–H groups in total. The summed E-state index contributed by atoms with van der Waals surface area (Å²) in [5.41, 5.74) is 0. The van der Waals surface area contributed by atoms with Crippen LogP contribution in [0.15, 0.2) is 0 Å². The molecule has 0 radical (unpaired) electrons. The van der Waals surface area contributed by atoms with Crippen LogP contribution in [0.4, 0.5) is 0 Å². The van der Waals surface area contributed by atoms with Crippen LogP contribution in [0.1, 0.15) is 13.8 Å². The minimum atomic E-state index is -2.41. The van der Waals surface area contributed by atoms with Crippen molar-refractivity contribution in [3.63, 3.8) is 0 Å². The zero-order valence-electron chi connectivity index (χ0n) is 5.42. The first-order valence-electron chi connectivity index (χ1n) is 2.66. The predicted octanol–water partition coefficient (Wildman–Crippen LogP) is -0.247. The molecular weight excluding hydrogens is 142 g/mol. The largest absolute Gasteiger partial charge is 0.750 e. The topological polar surface area (TPSA) is 61.4 Å². The van der Waals surface area contributed by atoms with Crippen molar-refractivity contribution in [1.29, 1.82) is 0 Å². The number of hydrogen-bond acceptors (Lipinski definition) is 4. The van der Waals surface area contributed by atoms with Gasteiger partial charge in [-0.1, -0.05) is 6.92 Å². The maximum Gasteiger partial charge on any atom is 0.121 e. The Balaban J connectivity index is 3.26. The molecule has 0 aliphatic rings. The van der Waals surface area contributed by atoms with Crippen LogP contribution in [0.2, 0.25) is 0 Å². The van der Waals surface area contributed by atoms with Gasteiger partial charge in [-0.15, -0.1) is 0 Å². The summed E-state index contributed by atoms with van der Waals surface area (Å²) in [6.45, 7) is 4.19. The van der Waals surface area contributed by atoms with E-state index in [1.807, 2.05) is 6.92 Å². The van der Waals surface area contributed by atoms with Crippen molar-refractivity contribution in [1.82, 2.24) is 5.32 Å². The van der Waals surface area contributed by atoms with E-state index in [2.05, 4.69) is 9.50 Å². The van der Waals surface area contributed by atoms with Gasteiger partial charge in [-0.25, -0.2) is 4.21 Å². The van der Waals surface area contributed by atoms with Crippen LogP contribution in [-0.2, 0) is 15.5 Å². The Hall–Kier alpha value is 0.0300. The molecule has 5 heteroatoms. The normalized spacial score (nSPS) is 17.2. The average Bonchev–Trinajstić information content (AvgIpc) is 1.63. The lowest BCUT2D eigenvalue weighted by Crippen LogP contribution is -2.28. The summed E-state index contributed by atoms with van der Waals surface area (Å²) >= 11 is -2.41. The summed E-state index contributed by atoms with van der Waals surface area (Å²) in [6, 6.07) is 0. The second kappa shape index (κ2) is 4.87. The molecule has 2 unspecified atom stereocenters. The molecule has 0 aromatic rings. The Bertz CT molecular complexity index is 97.8. The van der Waals surface area contributed by atoms with E-state index in [1.165, 1.54) is 0 Å². The molecule has 0 spiro atoms. The highest BCUT2D eigenvalue weighted by Gasteiger charge is 1.96. The van der Waals surface area contributed by atoms with E-state index in [0.717, 1.165) is 0 Å². The van der Waals surface area contributed by atoms with E-state index in [0.29, 0.717) is 6.54 Å². The molecule has 0 heterocycles. The minimum absolute atomic E-state index is 0.423. The van der Waals surface area contributed by atoms with Gasteiger partial charge in [0.15, 0.2) is 0 Å². The molecule has 0 saturated carbocycles. The number of nitrogens with one attached hydrogen (secondary N) is 1. The molecule has 0 aromatic carbocycles. The van der Waals surface area contributed by atoms with Gasteiger partial charge in [0, 0.05) is 0 Å². The van der Waals surface area contributed by atoms with E-state index in [9.17, 15) is 8.76 Å². The molecular formula is C4H10NO3S-. The summed E-state index contributed by atoms with van der Waals surface area (Å²) in [4.78, 5) is 0. The maximum absolute atomic E-state index is 9.82. The lowest BCUT2D eigenvalue weighted by atomic mass is 10.6. The van der Waals surface area contributed by atoms with Crippen LogP contribution in [0.3, 0.4) is 0 Å². The highest BCUT2D eigenvalue weighted by molar-refractivity contribution is 7.74. The Morgan fingerprint density at radius 2 is 2.44 bits per heavy atom. The third-order valence-corrected chi connectivity index (χ3v) is 1.16. The van der Waals surface area contributed by atoms with Crippen molar-refractivity contribution < 1.29 is 12.9 Å². The van der Waals surface area contributed by atoms with Gasteiger partial charge in [0.2, 0.25) is 0 Å². The Kier molecular flexibility index (Phi) is 4.88. The van der Waals surface area contributed by atoms with Crippen molar-refractivity contribution in [3.8, 4) is 0 Å². The lowest BCUT2D eigenvalue weighted by molar-refractivity contribution is 0.186. The number of hydrogen-bond donors (Lipinski definition) is 1. The summed E-state index contributed by atoms with van der Waals surface area (Å²) < 4.78 is 23.9. The first-order chi connectivity index (χ1) is 4.16. The molecule has 0 saturated heterocycles. The van der Waals surface area contributed by atoms with Crippen molar-refractivity contribution in [2.75, 3.05) is 6.54 Å². The molecule has 0 rings (SSSR count). The van der Waals surface area contributed by atoms with E-state index >= 15 is 0 Å². The van der Waals surface area contributed by atoms with Gasteiger partial charge in [-0.2, -0.15) is 0 Å². The predicted molar refractivity (Wildman–Crippen MR) is 33.1 cm³/mol. The fourth-order valence-electron chi connectivity index (χ4n) is 0.439. The second-order valence-electron chi connectivity index (χ2n) is 1.50. The van der Waals surface area contributed by atoms with Crippen LogP contribution in [0.25, 0.3) is 0 Å². The number of rotatable bonds is 4. The van der Waals surface area contributed by atoms with Crippen LogP contribution in [-0.4, -0.2) is 21.5 Å². The molecule has 0 aliphatic heterocycles. The lowest BCUT2D eigenvalue weighted by Gasteiger charge is -2.13. The Morgan fingerprint density at radius 3 is 2.78 bits per heavy atom. The quantitative estimate of drug-likeness (QED) is 0.446. The Morgan fingerprint density at radius 1 is 1.89 bits per heavy atom. The summed E-state index contributed by atoms with van der Waals surface area (Å²) in [6.07, 6.45) is -0.423. The fourth-order valence-corrected chi connectivity index (χ4v) is 0.743. The van der Waals surface area contributed by atoms with Gasteiger partial charge in [0.25, 0.3) is 0 Å². The highest BCUT2D eigenvalue weighted by Crippen LogP contribution is 1.86. The zero-order chi connectivity index (χ0) is 7.28. The molecule has 0 fully saturated rings. The van der Waals surface area contributed by atoms with E-state index in [1.54, 1.807) is 6.92 Å². The SMILES string of the molecule is CCNC(C)OS(=O)[O-]. The van der Waals surface area contributed by atoms with Crippen LogP contribution in [0, 0.1) is 0 Å². The second-order valence-corrected chi connectivity index (χ2v) is 2.10. The van der Waals surface area contributed by atoms with Gasteiger partial charge in [-0.3, -0.25) is 9.50 Å². The zero-order valence-corrected chi connectivity index (χ0v) is 6.23. The van der Waals surface area contributed by atoms with Gasteiger partial charge < -0.3 is 4.55 Å². The first-order valence-corrected chi connectivity index (χ1v) is 3.66. The van der Waals surface area contributed by atoms with Gasteiger partial charge in [0.1, 0.15) is 6.23 Å². The van der Waals surface area contributed by atoms with E-state index in [4.69, 9.17) is 0 Å². The molecule has 4 nitrogen and oxygen atoms in total. The fraction of sp³-hybridized carbons (Fsp3) is 1.00. The molecule has 0 aliphatic carbocycles. The monoisotopic (exact) mass is 152 g/mol. The average molecular weight is 152 g/mol.